The molecule has 2 rings (SSSR count). The molecule has 1 aromatic carbocycles. The van der Waals surface area contributed by atoms with Crippen molar-refractivity contribution in [3.05, 3.63) is 51.3 Å². The lowest BCUT2D eigenvalue weighted by Crippen LogP contribution is -2.21. The van der Waals surface area contributed by atoms with Crippen molar-refractivity contribution in [3.8, 4) is 0 Å². The molecule has 0 radical (unpaired) electrons. The van der Waals surface area contributed by atoms with Gasteiger partial charge in [0.2, 0.25) is 0 Å². The molecule has 0 fully saturated rings. The fourth-order valence-corrected chi connectivity index (χ4v) is 3.09. The molecular weight excluding hydrogens is 270 g/mol. The van der Waals surface area contributed by atoms with E-state index in [9.17, 15) is 0 Å². The van der Waals surface area contributed by atoms with Crippen LogP contribution in [0.3, 0.4) is 0 Å². The van der Waals surface area contributed by atoms with Crippen LogP contribution in [0.2, 0.25) is 5.15 Å². The molecule has 0 saturated carbocycles. The van der Waals surface area contributed by atoms with Gasteiger partial charge in [-0.05, 0) is 50.9 Å². The predicted octanol–water partition coefficient (Wildman–Crippen LogP) is 3.50. The fraction of sp³-hybridized carbons (Fsp3) is 0.438. The van der Waals surface area contributed by atoms with Crippen LogP contribution in [0.5, 0.6) is 0 Å². The van der Waals surface area contributed by atoms with Crippen molar-refractivity contribution in [1.82, 2.24) is 15.1 Å². The van der Waals surface area contributed by atoms with Crippen LogP contribution in [-0.4, -0.2) is 16.8 Å². The number of nitrogens with one attached hydrogen (secondary N) is 1. The Morgan fingerprint density at radius 2 is 1.85 bits per heavy atom. The first-order chi connectivity index (χ1) is 9.45. The number of rotatable bonds is 4. The molecule has 3 nitrogen and oxygen atoms in total. The second-order valence-electron chi connectivity index (χ2n) is 5.33. The molecule has 1 unspecified atom stereocenters. The maximum Gasteiger partial charge on any atom is 0.130 e. The summed E-state index contributed by atoms with van der Waals surface area (Å²) in [7, 11) is 3.88. The Bertz CT molecular complexity index is 596. The van der Waals surface area contributed by atoms with Gasteiger partial charge in [0.05, 0.1) is 5.69 Å². The smallest absolute Gasteiger partial charge is 0.130 e. The lowest BCUT2D eigenvalue weighted by Gasteiger charge is -2.21. The summed E-state index contributed by atoms with van der Waals surface area (Å²) in [5.74, 6) is 0. The summed E-state index contributed by atoms with van der Waals surface area (Å²) in [4.78, 5) is 0. The van der Waals surface area contributed by atoms with Gasteiger partial charge >= 0.3 is 0 Å². The minimum absolute atomic E-state index is 0.247. The van der Waals surface area contributed by atoms with Crippen LogP contribution >= 0.6 is 11.6 Å². The highest BCUT2D eigenvalue weighted by molar-refractivity contribution is 6.30. The first-order valence-corrected chi connectivity index (χ1v) is 7.24. The van der Waals surface area contributed by atoms with Gasteiger partial charge in [0.15, 0.2) is 0 Å². The van der Waals surface area contributed by atoms with E-state index in [0.29, 0.717) is 0 Å². The maximum absolute atomic E-state index is 6.35. The number of aryl methyl sites for hydroxylation is 4. The second kappa shape index (κ2) is 5.98. The molecule has 1 N–H and O–H groups in total. The molecular formula is C16H22ClN3. The Kier molecular flexibility index (Phi) is 4.51. The molecule has 0 aliphatic carbocycles. The zero-order valence-corrected chi connectivity index (χ0v) is 13.5. The van der Waals surface area contributed by atoms with Gasteiger partial charge in [-0.1, -0.05) is 29.8 Å². The van der Waals surface area contributed by atoms with Crippen LogP contribution in [0.25, 0.3) is 0 Å². The van der Waals surface area contributed by atoms with Crippen molar-refractivity contribution in [2.24, 2.45) is 7.05 Å². The summed E-state index contributed by atoms with van der Waals surface area (Å²) in [6, 6.07) is 6.66. The van der Waals surface area contributed by atoms with Crippen molar-refractivity contribution < 1.29 is 0 Å². The van der Waals surface area contributed by atoms with E-state index >= 15 is 0 Å². The SMILES string of the molecule is CNC(Cc1c(C)nn(C)c1Cl)c1c(C)cccc1C. The molecule has 1 heterocycles. The maximum atomic E-state index is 6.35. The van der Waals surface area contributed by atoms with Gasteiger partial charge in [0.25, 0.3) is 0 Å². The number of benzene rings is 1. The third kappa shape index (κ3) is 2.74. The average molecular weight is 292 g/mol. The summed E-state index contributed by atoms with van der Waals surface area (Å²) in [5, 5.41) is 8.54. The van der Waals surface area contributed by atoms with E-state index < -0.39 is 0 Å². The Labute approximate surface area is 126 Å². The topological polar surface area (TPSA) is 29.9 Å². The fourth-order valence-electron chi connectivity index (χ4n) is 2.84. The lowest BCUT2D eigenvalue weighted by molar-refractivity contribution is 0.584. The molecule has 0 bridgehead atoms. The molecule has 0 saturated heterocycles. The van der Waals surface area contributed by atoms with Crippen molar-refractivity contribution in [2.45, 2.75) is 33.2 Å². The summed E-state index contributed by atoms with van der Waals surface area (Å²) in [6.07, 6.45) is 0.848. The Balaban J connectivity index is 2.39. The first kappa shape index (κ1) is 15.1. The lowest BCUT2D eigenvalue weighted by atomic mass is 9.92. The highest BCUT2D eigenvalue weighted by Gasteiger charge is 2.19. The number of nitrogens with zero attached hydrogens (tertiary/aromatic N) is 2. The highest BCUT2D eigenvalue weighted by Crippen LogP contribution is 2.28. The molecule has 0 aliphatic heterocycles. The third-order valence-electron chi connectivity index (χ3n) is 3.92. The summed E-state index contributed by atoms with van der Waals surface area (Å²) < 4.78 is 1.74. The molecule has 1 atom stereocenters. The standard InChI is InChI=1S/C16H22ClN3/c1-10-7-6-8-11(2)15(10)14(18-4)9-13-12(3)19-20(5)16(13)17/h6-8,14,18H,9H2,1-5H3. The van der Waals surface area contributed by atoms with Crippen LogP contribution < -0.4 is 5.32 Å². The zero-order valence-electron chi connectivity index (χ0n) is 12.8. The van der Waals surface area contributed by atoms with Gasteiger partial charge in [0.1, 0.15) is 5.15 Å². The minimum atomic E-state index is 0.247. The van der Waals surface area contributed by atoms with E-state index in [2.05, 4.69) is 42.5 Å². The van der Waals surface area contributed by atoms with Gasteiger partial charge in [-0.25, -0.2) is 0 Å². The summed E-state index contributed by atoms with van der Waals surface area (Å²) in [5.41, 5.74) is 6.10. The molecule has 0 spiro atoms. The molecule has 0 aliphatic rings. The van der Waals surface area contributed by atoms with E-state index in [1.54, 1.807) is 4.68 Å². The Morgan fingerprint density at radius 3 is 2.30 bits per heavy atom. The third-order valence-corrected chi connectivity index (χ3v) is 4.39. The highest BCUT2D eigenvalue weighted by atomic mass is 35.5. The zero-order chi connectivity index (χ0) is 14.9. The molecule has 108 valence electrons. The molecule has 20 heavy (non-hydrogen) atoms. The molecule has 2 aromatic rings. The van der Waals surface area contributed by atoms with Crippen LogP contribution in [0.15, 0.2) is 18.2 Å². The largest absolute Gasteiger partial charge is 0.313 e. The van der Waals surface area contributed by atoms with Crippen LogP contribution in [-0.2, 0) is 13.5 Å². The van der Waals surface area contributed by atoms with Gasteiger partial charge in [0, 0.05) is 18.7 Å². The van der Waals surface area contributed by atoms with Gasteiger partial charge < -0.3 is 5.32 Å². The normalized spacial score (nSPS) is 12.7. The van der Waals surface area contributed by atoms with Crippen LogP contribution in [0.4, 0.5) is 0 Å². The number of likely N-dealkylation sites (N-methyl/N-ethyl adjacent to an activating group) is 1. The van der Waals surface area contributed by atoms with Crippen LogP contribution in [0.1, 0.15) is 34.0 Å². The van der Waals surface area contributed by atoms with Crippen molar-refractivity contribution >= 4 is 11.6 Å². The first-order valence-electron chi connectivity index (χ1n) is 6.87. The van der Waals surface area contributed by atoms with E-state index in [4.69, 9.17) is 11.6 Å². The number of halogens is 1. The van der Waals surface area contributed by atoms with E-state index in [-0.39, 0.29) is 6.04 Å². The van der Waals surface area contributed by atoms with Crippen LogP contribution in [0, 0.1) is 20.8 Å². The van der Waals surface area contributed by atoms with Gasteiger partial charge in [-0.15, -0.1) is 0 Å². The predicted molar refractivity (Wildman–Crippen MR) is 84.4 cm³/mol. The van der Waals surface area contributed by atoms with Gasteiger partial charge in [-0.2, -0.15) is 5.10 Å². The Morgan fingerprint density at radius 1 is 1.25 bits per heavy atom. The number of hydrogen-bond donors (Lipinski definition) is 1. The molecule has 0 amide bonds. The van der Waals surface area contributed by atoms with Crippen molar-refractivity contribution in [2.75, 3.05) is 7.05 Å². The monoisotopic (exact) mass is 291 g/mol. The average Bonchev–Trinajstić information content (AvgIpc) is 2.63. The molecule has 4 heteroatoms. The number of hydrogen-bond acceptors (Lipinski definition) is 2. The summed E-state index contributed by atoms with van der Waals surface area (Å²) in [6.45, 7) is 6.33. The van der Waals surface area contributed by atoms with Crippen molar-refractivity contribution in [3.63, 3.8) is 0 Å². The number of aromatic nitrogens is 2. The van der Waals surface area contributed by atoms with E-state index in [1.807, 2.05) is 21.0 Å². The minimum Gasteiger partial charge on any atom is -0.313 e. The van der Waals surface area contributed by atoms with E-state index in [0.717, 1.165) is 22.8 Å². The van der Waals surface area contributed by atoms with Gasteiger partial charge in [-0.3, -0.25) is 4.68 Å². The van der Waals surface area contributed by atoms with E-state index in [1.165, 1.54) is 16.7 Å². The molecule has 1 aromatic heterocycles. The Hall–Kier alpha value is -1.32. The second-order valence-corrected chi connectivity index (χ2v) is 5.69. The summed E-state index contributed by atoms with van der Waals surface area (Å²) >= 11 is 6.35. The van der Waals surface area contributed by atoms with Crippen molar-refractivity contribution in [1.29, 1.82) is 0 Å². The quantitative estimate of drug-likeness (QED) is 0.934.